The van der Waals surface area contributed by atoms with Crippen molar-refractivity contribution in [2.24, 2.45) is 0 Å². The molecule has 0 aliphatic carbocycles. The molecule has 63 heavy (non-hydrogen) atoms. The van der Waals surface area contributed by atoms with E-state index in [1.807, 2.05) is 6.08 Å². The topological polar surface area (TPSA) is 228 Å². The van der Waals surface area contributed by atoms with E-state index in [2.05, 4.69) is 67.8 Å². The lowest BCUT2D eigenvalue weighted by Gasteiger charge is -2.46. The molecule has 0 bridgehead atoms. The molecule has 2 aliphatic rings. The van der Waals surface area contributed by atoms with Crippen LogP contribution in [0.4, 0.5) is 0 Å². The van der Waals surface area contributed by atoms with Crippen molar-refractivity contribution in [3.05, 3.63) is 60.8 Å². The Morgan fingerprint density at radius 2 is 1.08 bits per heavy atom. The maximum Gasteiger partial charge on any atom is 0.220 e. The summed E-state index contributed by atoms with van der Waals surface area (Å²) in [6, 6.07) is -0.937. The Balaban J connectivity index is 1.81. The van der Waals surface area contributed by atoms with Gasteiger partial charge in [-0.05, 0) is 64.2 Å². The molecule has 2 fully saturated rings. The van der Waals surface area contributed by atoms with Crippen LogP contribution >= 0.6 is 0 Å². The summed E-state index contributed by atoms with van der Waals surface area (Å²) >= 11 is 0. The summed E-state index contributed by atoms with van der Waals surface area (Å²) in [5.41, 5.74) is 0. The van der Waals surface area contributed by atoms with Gasteiger partial charge < -0.3 is 65.1 Å². The molecule has 14 heteroatoms. The first-order valence-corrected chi connectivity index (χ1v) is 24.0. The van der Waals surface area contributed by atoms with Gasteiger partial charge in [0, 0.05) is 6.42 Å². The fourth-order valence-electron chi connectivity index (χ4n) is 7.41. The lowest BCUT2D eigenvalue weighted by Crippen LogP contribution is -2.65. The number of hydrogen-bond donors (Lipinski definition) is 9. The predicted octanol–water partition coefficient (Wildman–Crippen LogP) is 5.49. The van der Waals surface area contributed by atoms with E-state index in [1.165, 1.54) is 38.5 Å². The van der Waals surface area contributed by atoms with E-state index in [1.54, 1.807) is 6.08 Å². The van der Waals surface area contributed by atoms with Gasteiger partial charge in [0.25, 0.3) is 0 Å². The first-order valence-electron chi connectivity index (χ1n) is 24.0. The Bertz CT molecular complexity index is 1290. The summed E-state index contributed by atoms with van der Waals surface area (Å²) in [6.07, 6.45) is 25.8. The van der Waals surface area contributed by atoms with Crippen LogP contribution in [0.2, 0.25) is 0 Å². The highest BCUT2D eigenvalue weighted by molar-refractivity contribution is 5.76. The van der Waals surface area contributed by atoms with E-state index in [0.717, 1.165) is 77.0 Å². The number of rotatable bonds is 35. The van der Waals surface area contributed by atoms with Crippen molar-refractivity contribution in [1.29, 1.82) is 0 Å². The molecule has 2 saturated heterocycles. The number of ether oxygens (including phenoxy) is 4. The SMILES string of the molecule is CCCC/C=C/CC/C=C/C(O)C(COC1OC(CO)C(OC2OC(CO)C(O)C(O)C2O)C(O)C1O)NC(=O)CCCCCCCC/C=C\C/C=C\C/C=C\CCCCCCC. The fourth-order valence-corrected chi connectivity index (χ4v) is 7.41. The lowest BCUT2D eigenvalue weighted by atomic mass is 9.97. The minimum absolute atomic E-state index is 0.255. The van der Waals surface area contributed by atoms with Gasteiger partial charge in [0.2, 0.25) is 5.91 Å². The average Bonchev–Trinajstić information content (AvgIpc) is 3.28. The van der Waals surface area contributed by atoms with Gasteiger partial charge in [-0.1, -0.05) is 139 Å². The van der Waals surface area contributed by atoms with E-state index < -0.39 is 86.8 Å². The Hall–Kier alpha value is -2.31. The summed E-state index contributed by atoms with van der Waals surface area (Å²) in [7, 11) is 0. The van der Waals surface area contributed by atoms with Gasteiger partial charge in [-0.2, -0.15) is 0 Å². The molecule has 9 N–H and O–H groups in total. The van der Waals surface area contributed by atoms with E-state index in [4.69, 9.17) is 18.9 Å². The predicted molar refractivity (Wildman–Crippen MR) is 244 cm³/mol. The van der Waals surface area contributed by atoms with Gasteiger partial charge in [-0.3, -0.25) is 4.79 Å². The standard InChI is InChI=1S/C49H85NO13/c1-3-5-7-9-11-13-14-15-16-17-18-19-20-21-22-23-24-25-27-29-31-33-41(54)50-37(38(53)32-30-28-26-12-10-8-6-4-2)36-60-48-46(59)44(57)47(40(35-52)62-48)63-49-45(58)43(56)42(55)39(34-51)61-49/h10,12,14-15,17-18,20-21,30,32,37-40,42-49,51-53,55-59H,3-9,11,13,16,19,22-29,31,33-36H2,1-2H3,(H,50,54)/b12-10+,15-14-,18-17-,21-20-,32-30+. The minimum Gasteiger partial charge on any atom is -0.394 e. The van der Waals surface area contributed by atoms with Crippen molar-refractivity contribution >= 4 is 5.91 Å². The van der Waals surface area contributed by atoms with Gasteiger partial charge in [-0.15, -0.1) is 0 Å². The molecule has 0 aromatic carbocycles. The summed E-state index contributed by atoms with van der Waals surface area (Å²) in [6.45, 7) is 2.63. The molecule has 0 radical (unpaired) electrons. The molecule has 14 nitrogen and oxygen atoms in total. The number of aliphatic hydroxyl groups excluding tert-OH is 8. The molecule has 0 spiro atoms. The third-order valence-electron chi connectivity index (χ3n) is 11.4. The molecule has 2 aliphatic heterocycles. The zero-order valence-electron chi connectivity index (χ0n) is 38.3. The van der Waals surface area contributed by atoms with Gasteiger partial charge in [0.15, 0.2) is 12.6 Å². The van der Waals surface area contributed by atoms with Crippen LogP contribution in [-0.2, 0) is 23.7 Å². The van der Waals surface area contributed by atoms with Crippen LogP contribution in [-0.4, -0.2) is 140 Å². The molecule has 0 aromatic rings. The van der Waals surface area contributed by atoms with Gasteiger partial charge >= 0.3 is 0 Å². The Labute approximate surface area is 377 Å². The van der Waals surface area contributed by atoms with Crippen molar-refractivity contribution < 1.29 is 64.6 Å². The molecule has 364 valence electrons. The van der Waals surface area contributed by atoms with Crippen LogP contribution in [0.3, 0.4) is 0 Å². The van der Waals surface area contributed by atoms with Crippen molar-refractivity contribution in [2.45, 2.75) is 222 Å². The van der Waals surface area contributed by atoms with E-state index in [9.17, 15) is 45.6 Å². The van der Waals surface area contributed by atoms with Gasteiger partial charge in [0.05, 0.1) is 32.0 Å². The van der Waals surface area contributed by atoms with Crippen LogP contribution in [0.15, 0.2) is 60.8 Å². The molecule has 2 rings (SSSR count). The highest BCUT2D eigenvalue weighted by Gasteiger charge is 2.51. The van der Waals surface area contributed by atoms with E-state index in [-0.39, 0.29) is 18.9 Å². The Morgan fingerprint density at radius 3 is 1.71 bits per heavy atom. The summed E-state index contributed by atoms with van der Waals surface area (Å²) in [5, 5.41) is 86.3. The number of hydrogen-bond acceptors (Lipinski definition) is 13. The average molecular weight is 896 g/mol. The van der Waals surface area contributed by atoms with Crippen LogP contribution in [0.1, 0.15) is 149 Å². The number of unbranched alkanes of at least 4 members (excludes halogenated alkanes) is 14. The van der Waals surface area contributed by atoms with Crippen molar-refractivity contribution in [3.8, 4) is 0 Å². The molecule has 0 saturated carbocycles. The first-order chi connectivity index (χ1) is 30.6. The number of carbonyl (C=O) groups excluding carboxylic acids is 1. The van der Waals surface area contributed by atoms with E-state index in [0.29, 0.717) is 12.8 Å². The lowest BCUT2D eigenvalue weighted by molar-refractivity contribution is -0.359. The third kappa shape index (κ3) is 23.6. The number of allylic oxidation sites excluding steroid dienone is 9. The van der Waals surface area contributed by atoms with Crippen LogP contribution < -0.4 is 5.32 Å². The van der Waals surface area contributed by atoms with E-state index >= 15 is 0 Å². The van der Waals surface area contributed by atoms with Crippen LogP contribution in [0.25, 0.3) is 0 Å². The second-order valence-electron chi connectivity index (χ2n) is 16.9. The summed E-state index contributed by atoms with van der Waals surface area (Å²) in [4.78, 5) is 13.1. The smallest absolute Gasteiger partial charge is 0.220 e. The Morgan fingerprint density at radius 1 is 0.571 bits per heavy atom. The molecule has 12 atom stereocenters. The molecule has 12 unspecified atom stereocenters. The monoisotopic (exact) mass is 896 g/mol. The third-order valence-corrected chi connectivity index (χ3v) is 11.4. The van der Waals surface area contributed by atoms with Crippen molar-refractivity contribution in [1.82, 2.24) is 5.32 Å². The molecule has 2 heterocycles. The maximum absolute atomic E-state index is 13.1. The molecular weight excluding hydrogens is 811 g/mol. The number of aliphatic hydroxyl groups is 8. The highest BCUT2D eigenvalue weighted by Crippen LogP contribution is 2.30. The molecular formula is C49H85NO13. The fraction of sp³-hybridized carbons (Fsp3) is 0.776. The minimum atomic E-state index is -1.79. The number of nitrogens with one attached hydrogen (secondary N) is 1. The van der Waals surface area contributed by atoms with Gasteiger partial charge in [0.1, 0.15) is 48.8 Å². The normalized spacial score (nSPS) is 28.0. The summed E-state index contributed by atoms with van der Waals surface area (Å²) in [5.74, 6) is -0.269. The van der Waals surface area contributed by atoms with Gasteiger partial charge in [-0.25, -0.2) is 0 Å². The number of amides is 1. The van der Waals surface area contributed by atoms with Crippen molar-refractivity contribution in [2.75, 3.05) is 19.8 Å². The maximum atomic E-state index is 13.1. The molecule has 0 aromatic heterocycles. The second-order valence-corrected chi connectivity index (χ2v) is 16.9. The highest BCUT2D eigenvalue weighted by atomic mass is 16.7. The largest absolute Gasteiger partial charge is 0.394 e. The first kappa shape index (κ1) is 56.8. The second kappa shape index (κ2) is 35.9. The quantitative estimate of drug-likeness (QED) is 0.0284. The zero-order chi connectivity index (χ0) is 46.1. The number of carbonyl (C=O) groups is 1. The Kier molecular flexibility index (Phi) is 32.4. The zero-order valence-corrected chi connectivity index (χ0v) is 38.3. The van der Waals surface area contributed by atoms with Crippen molar-refractivity contribution in [3.63, 3.8) is 0 Å². The summed E-state index contributed by atoms with van der Waals surface area (Å²) < 4.78 is 22.6. The molecule has 1 amide bonds. The van der Waals surface area contributed by atoms with Crippen LogP contribution in [0.5, 0.6) is 0 Å². The van der Waals surface area contributed by atoms with Crippen LogP contribution in [0, 0.1) is 0 Å².